The minimum atomic E-state index is -0.665. The maximum atomic E-state index is 14.0. The van der Waals surface area contributed by atoms with Gasteiger partial charge in [0.15, 0.2) is 11.5 Å². The molecular formula is C37H53N3O8. The molecule has 2 fully saturated rings. The molecule has 3 amide bonds. The Morgan fingerprint density at radius 2 is 1.69 bits per heavy atom. The molecule has 1 heterocycles. The van der Waals surface area contributed by atoms with E-state index in [-0.39, 0.29) is 43.0 Å². The molecule has 0 N–H and O–H groups in total. The first-order chi connectivity index (χ1) is 22.9. The second-order valence-electron chi connectivity index (χ2n) is 13.8. The van der Waals surface area contributed by atoms with Crippen LogP contribution >= 0.6 is 0 Å². The number of carbonyl (C=O) groups excluding carboxylic acids is 3. The third kappa shape index (κ3) is 10.6. The largest absolute Gasteiger partial charge is 0.493 e. The number of hydrogen-bond acceptors (Lipinski definition) is 8. The quantitative estimate of drug-likeness (QED) is 0.219. The second kappa shape index (κ2) is 17.0. The first kappa shape index (κ1) is 37.0. The van der Waals surface area contributed by atoms with Gasteiger partial charge in [-0.25, -0.2) is 4.79 Å². The van der Waals surface area contributed by atoms with Crippen LogP contribution in [0.5, 0.6) is 11.5 Å². The van der Waals surface area contributed by atoms with Crippen molar-refractivity contribution in [1.82, 2.24) is 14.7 Å². The van der Waals surface area contributed by atoms with Crippen LogP contribution < -0.4 is 9.47 Å². The minimum Gasteiger partial charge on any atom is -0.493 e. The van der Waals surface area contributed by atoms with Crippen LogP contribution in [0.3, 0.4) is 0 Å². The Balaban J connectivity index is 1.50. The standard InChI is InChI=1S/C37H53N3O8/c1-26(2)39(35(42)28-14-17-31(45-7)32(20-28)46-19-11-18-44-6)23-29-22-38(36(43)48-37(3,4)5)24-33(29)47-25-34(41)40(30-15-16-30)21-27-12-9-8-10-13-27/h8-10,12-14,17,20,26,29-30,33H,11,15-16,18-19,21-25H2,1-7H3. The molecule has 2 unspecified atom stereocenters. The van der Waals surface area contributed by atoms with Crippen LogP contribution in [0.2, 0.25) is 0 Å². The average molecular weight is 668 g/mol. The Morgan fingerprint density at radius 3 is 2.31 bits per heavy atom. The van der Waals surface area contributed by atoms with Crippen molar-refractivity contribution in [3.05, 3.63) is 59.7 Å². The zero-order chi connectivity index (χ0) is 34.8. The Morgan fingerprint density at radius 1 is 0.958 bits per heavy atom. The van der Waals surface area contributed by atoms with E-state index in [0.29, 0.717) is 56.3 Å². The maximum absolute atomic E-state index is 14.0. The number of amides is 3. The normalized spacial score (nSPS) is 17.7. The highest BCUT2D eigenvalue weighted by Crippen LogP contribution is 2.31. The van der Waals surface area contributed by atoms with E-state index in [1.54, 1.807) is 42.2 Å². The van der Waals surface area contributed by atoms with Crippen molar-refractivity contribution in [2.24, 2.45) is 5.92 Å². The molecule has 2 aromatic carbocycles. The molecule has 2 aliphatic rings. The van der Waals surface area contributed by atoms with E-state index in [0.717, 1.165) is 18.4 Å². The monoisotopic (exact) mass is 667 g/mol. The van der Waals surface area contributed by atoms with E-state index in [4.69, 9.17) is 23.7 Å². The molecule has 11 heteroatoms. The van der Waals surface area contributed by atoms with Gasteiger partial charge < -0.3 is 38.4 Å². The number of ether oxygens (including phenoxy) is 5. The van der Waals surface area contributed by atoms with Crippen LogP contribution in [0.15, 0.2) is 48.5 Å². The predicted octanol–water partition coefficient (Wildman–Crippen LogP) is 5.40. The van der Waals surface area contributed by atoms with Crippen LogP contribution in [0.4, 0.5) is 4.79 Å². The topological polar surface area (TPSA) is 107 Å². The number of hydrogen-bond donors (Lipinski definition) is 0. The molecule has 2 atom stereocenters. The van der Waals surface area contributed by atoms with Gasteiger partial charge in [-0.1, -0.05) is 30.3 Å². The first-order valence-corrected chi connectivity index (χ1v) is 16.9. The van der Waals surface area contributed by atoms with Gasteiger partial charge in [-0.15, -0.1) is 0 Å². The van der Waals surface area contributed by atoms with Crippen LogP contribution in [0.25, 0.3) is 0 Å². The van der Waals surface area contributed by atoms with Crippen LogP contribution in [-0.2, 0) is 25.5 Å². The second-order valence-corrected chi connectivity index (χ2v) is 13.8. The van der Waals surface area contributed by atoms with Gasteiger partial charge in [-0.3, -0.25) is 9.59 Å². The Kier molecular flexibility index (Phi) is 13.1. The summed E-state index contributed by atoms with van der Waals surface area (Å²) in [5.74, 6) is 0.514. The summed E-state index contributed by atoms with van der Waals surface area (Å²) in [6, 6.07) is 15.2. The van der Waals surface area contributed by atoms with Crippen molar-refractivity contribution in [1.29, 1.82) is 0 Å². The highest BCUT2D eigenvalue weighted by molar-refractivity contribution is 5.95. The van der Waals surface area contributed by atoms with Gasteiger partial charge in [-0.05, 0) is 71.2 Å². The molecule has 0 spiro atoms. The van der Waals surface area contributed by atoms with E-state index in [1.165, 1.54) is 0 Å². The van der Waals surface area contributed by atoms with E-state index in [1.807, 2.05) is 69.9 Å². The summed E-state index contributed by atoms with van der Waals surface area (Å²) < 4.78 is 28.5. The molecule has 1 aliphatic heterocycles. The van der Waals surface area contributed by atoms with Gasteiger partial charge >= 0.3 is 6.09 Å². The third-order valence-electron chi connectivity index (χ3n) is 8.43. The Bertz CT molecular complexity index is 1360. The van der Waals surface area contributed by atoms with E-state index in [2.05, 4.69) is 0 Å². The molecule has 0 radical (unpaired) electrons. The minimum absolute atomic E-state index is 0.0797. The average Bonchev–Trinajstić information content (AvgIpc) is 3.81. The third-order valence-corrected chi connectivity index (χ3v) is 8.43. The molecule has 0 bridgehead atoms. The number of carbonyl (C=O) groups is 3. The summed E-state index contributed by atoms with van der Waals surface area (Å²) in [4.78, 5) is 46.0. The lowest BCUT2D eigenvalue weighted by Gasteiger charge is -2.32. The van der Waals surface area contributed by atoms with Gasteiger partial charge in [0.1, 0.15) is 12.2 Å². The fourth-order valence-corrected chi connectivity index (χ4v) is 5.78. The van der Waals surface area contributed by atoms with E-state index in [9.17, 15) is 14.4 Å². The molecule has 48 heavy (non-hydrogen) atoms. The maximum Gasteiger partial charge on any atom is 0.410 e. The van der Waals surface area contributed by atoms with Crippen LogP contribution in [-0.4, -0.2) is 110 Å². The lowest BCUT2D eigenvalue weighted by Crippen LogP contribution is -2.44. The summed E-state index contributed by atoms with van der Waals surface area (Å²) in [6.45, 7) is 11.7. The molecule has 11 nitrogen and oxygen atoms in total. The van der Waals surface area contributed by atoms with E-state index >= 15 is 0 Å². The molecule has 1 saturated heterocycles. The number of nitrogens with zero attached hydrogens (tertiary/aromatic N) is 3. The predicted molar refractivity (Wildman–Crippen MR) is 182 cm³/mol. The van der Waals surface area contributed by atoms with Gasteiger partial charge in [0.05, 0.1) is 26.4 Å². The molecule has 4 rings (SSSR count). The lowest BCUT2D eigenvalue weighted by atomic mass is 10.0. The summed E-state index contributed by atoms with van der Waals surface area (Å²) in [5, 5.41) is 0. The molecule has 1 saturated carbocycles. The van der Waals surface area contributed by atoms with Gasteiger partial charge in [0.25, 0.3) is 5.91 Å². The van der Waals surface area contributed by atoms with Crippen molar-refractivity contribution in [2.75, 3.05) is 53.7 Å². The smallest absolute Gasteiger partial charge is 0.410 e. The van der Waals surface area contributed by atoms with Crippen LogP contribution in [0, 0.1) is 5.92 Å². The zero-order valence-electron chi connectivity index (χ0n) is 29.6. The molecule has 264 valence electrons. The zero-order valence-corrected chi connectivity index (χ0v) is 29.6. The number of rotatable bonds is 16. The SMILES string of the molecule is COCCCOc1cc(C(=O)N(CC2CN(C(=O)OC(C)(C)C)CC2OCC(=O)N(Cc2ccccc2)C2CC2)C(C)C)ccc1OC. The Hall–Kier alpha value is -3.83. The van der Waals surface area contributed by atoms with Gasteiger partial charge in [0, 0.05) is 63.3 Å². The van der Waals surface area contributed by atoms with Crippen molar-refractivity contribution in [3.63, 3.8) is 0 Å². The fraction of sp³-hybridized carbons (Fsp3) is 0.595. The summed E-state index contributed by atoms with van der Waals surface area (Å²) >= 11 is 0. The summed E-state index contributed by atoms with van der Waals surface area (Å²) in [7, 11) is 3.20. The fourth-order valence-electron chi connectivity index (χ4n) is 5.78. The van der Waals surface area contributed by atoms with Crippen LogP contribution in [0.1, 0.15) is 69.8 Å². The van der Waals surface area contributed by atoms with Crippen molar-refractivity contribution >= 4 is 17.9 Å². The summed E-state index contributed by atoms with van der Waals surface area (Å²) in [6.07, 6.45) is 1.74. The molecule has 1 aliphatic carbocycles. The molecule has 2 aromatic rings. The van der Waals surface area contributed by atoms with Crippen molar-refractivity contribution in [3.8, 4) is 11.5 Å². The number of benzene rings is 2. The first-order valence-electron chi connectivity index (χ1n) is 16.9. The number of likely N-dealkylation sites (tertiary alicyclic amines) is 1. The number of methoxy groups -OCH3 is 2. The highest BCUT2D eigenvalue weighted by atomic mass is 16.6. The molecule has 0 aromatic heterocycles. The van der Waals surface area contributed by atoms with Gasteiger partial charge in [0.2, 0.25) is 5.91 Å². The highest BCUT2D eigenvalue weighted by Gasteiger charge is 2.41. The van der Waals surface area contributed by atoms with Crippen molar-refractivity contribution in [2.45, 2.75) is 84.2 Å². The Labute approximate surface area is 285 Å². The van der Waals surface area contributed by atoms with Crippen molar-refractivity contribution < 1.29 is 38.1 Å². The summed E-state index contributed by atoms with van der Waals surface area (Å²) in [5.41, 5.74) is 0.865. The lowest BCUT2D eigenvalue weighted by molar-refractivity contribution is -0.140. The molecular weight excluding hydrogens is 614 g/mol. The van der Waals surface area contributed by atoms with Gasteiger partial charge in [-0.2, -0.15) is 0 Å². The van der Waals surface area contributed by atoms with E-state index < -0.39 is 17.8 Å².